The Bertz CT molecular complexity index is 397. The average Bonchev–Trinajstić information content (AvgIpc) is 2.69. The molecule has 0 amide bonds. The first-order valence-corrected chi connectivity index (χ1v) is 4.36. The molecule has 0 aliphatic carbocycles. The van der Waals surface area contributed by atoms with E-state index in [1.165, 1.54) is 6.07 Å². The highest BCUT2D eigenvalue weighted by molar-refractivity contribution is 5.44. The van der Waals surface area contributed by atoms with Crippen LogP contribution in [0.1, 0.15) is 5.56 Å². The normalized spacial score (nSPS) is 10.1. The maximum Gasteiger partial charge on any atom is 0.146 e. The molecule has 0 aliphatic heterocycles. The van der Waals surface area contributed by atoms with Crippen molar-refractivity contribution in [3.8, 4) is 0 Å². The maximum absolute atomic E-state index is 13.1. The minimum Gasteiger partial charge on any atom is -0.472 e. The van der Waals surface area contributed by atoms with Crippen LogP contribution < -0.4 is 5.32 Å². The van der Waals surface area contributed by atoms with Crippen LogP contribution in [0.25, 0.3) is 0 Å². The topological polar surface area (TPSA) is 25.2 Å². The summed E-state index contributed by atoms with van der Waals surface area (Å²) < 4.78 is 18.0. The van der Waals surface area contributed by atoms with Gasteiger partial charge in [0.15, 0.2) is 0 Å². The molecule has 1 aromatic heterocycles. The van der Waals surface area contributed by atoms with Gasteiger partial charge in [-0.15, -0.1) is 0 Å². The molecule has 72 valence electrons. The average molecular weight is 191 g/mol. The largest absolute Gasteiger partial charge is 0.472 e. The molecular weight excluding hydrogens is 181 g/mol. The molecule has 3 heteroatoms. The zero-order valence-corrected chi connectivity index (χ0v) is 7.53. The van der Waals surface area contributed by atoms with Crippen molar-refractivity contribution in [3.05, 3.63) is 54.2 Å². The van der Waals surface area contributed by atoms with Crippen molar-refractivity contribution < 1.29 is 8.81 Å². The Morgan fingerprint density at radius 3 is 2.79 bits per heavy atom. The van der Waals surface area contributed by atoms with Gasteiger partial charge in [-0.1, -0.05) is 12.1 Å². The second-order valence-electron chi connectivity index (χ2n) is 2.96. The Morgan fingerprint density at radius 1 is 1.21 bits per heavy atom. The van der Waals surface area contributed by atoms with Crippen molar-refractivity contribution in [2.75, 3.05) is 5.32 Å². The second kappa shape index (κ2) is 3.96. The number of anilines is 1. The first-order valence-electron chi connectivity index (χ1n) is 4.36. The van der Waals surface area contributed by atoms with E-state index in [0.717, 1.165) is 5.56 Å². The molecule has 0 saturated heterocycles. The number of halogens is 1. The highest BCUT2D eigenvalue weighted by atomic mass is 19.1. The predicted molar refractivity (Wildman–Crippen MR) is 52.4 cm³/mol. The second-order valence-corrected chi connectivity index (χ2v) is 2.96. The first-order chi connectivity index (χ1) is 6.86. The van der Waals surface area contributed by atoms with E-state index < -0.39 is 0 Å². The van der Waals surface area contributed by atoms with Crippen molar-refractivity contribution in [1.82, 2.24) is 0 Å². The summed E-state index contributed by atoms with van der Waals surface area (Å²) >= 11 is 0. The summed E-state index contributed by atoms with van der Waals surface area (Å²) in [5.74, 6) is -0.240. The standard InChI is InChI=1S/C11H10FNO/c12-10-3-1-2-4-11(10)13-7-9-5-6-14-8-9/h1-6,8,13H,7H2. The van der Waals surface area contributed by atoms with Crippen molar-refractivity contribution in [1.29, 1.82) is 0 Å². The summed E-state index contributed by atoms with van der Waals surface area (Å²) in [6, 6.07) is 8.43. The third-order valence-electron chi connectivity index (χ3n) is 1.94. The minimum absolute atomic E-state index is 0.240. The van der Waals surface area contributed by atoms with Gasteiger partial charge in [0.25, 0.3) is 0 Å². The van der Waals surface area contributed by atoms with E-state index in [9.17, 15) is 4.39 Å². The molecule has 0 fully saturated rings. The lowest BCUT2D eigenvalue weighted by Gasteiger charge is -2.04. The molecule has 0 bridgehead atoms. The van der Waals surface area contributed by atoms with Crippen molar-refractivity contribution in [2.45, 2.75) is 6.54 Å². The molecule has 14 heavy (non-hydrogen) atoms. The van der Waals surface area contributed by atoms with Crippen LogP contribution >= 0.6 is 0 Å². The third-order valence-corrected chi connectivity index (χ3v) is 1.94. The number of para-hydroxylation sites is 1. The maximum atomic E-state index is 13.1. The third kappa shape index (κ3) is 1.93. The molecule has 0 atom stereocenters. The molecule has 0 spiro atoms. The van der Waals surface area contributed by atoms with Gasteiger partial charge in [-0.3, -0.25) is 0 Å². The van der Waals surface area contributed by atoms with Crippen molar-refractivity contribution in [2.24, 2.45) is 0 Å². The lowest BCUT2D eigenvalue weighted by molar-refractivity contribution is 0.564. The Morgan fingerprint density at radius 2 is 2.07 bits per heavy atom. The molecule has 0 saturated carbocycles. The van der Waals surface area contributed by atoms with E-state index in [0.29, 0.717) is 12.2 Å². The number of hydrogen-bond acceptors (Lipinski definition) is 2. The van der Waals surface area contributed by atoms with Crippen LogP contribution in [0.5, 0.6) is 0 Å². The van der Waals surface area contributed by atoms with E-state index in [1.54, 1.807) is 30.7 Å². The van der Waals surface area contributed by atoms with Crippen LogP contribution in [-0.2, 0) is 6.54 Å². The van der Waals surface area contributed by atoms with Crippen molar-refractivity contribution >= 4 is 5.69 Å². The highest BCUT2D eigenvalue weighted by Crippen LogP contribution is 2.13. The zero-order valence-electron chi connectivity index (χ0n) is 7.53. The summed E-state index contributed by atoms with van der Waals surface area (Å²) in [5.41, 5.74) is 1.50. The molecule has 2 nitrogen and oxygen atoms in total. The lowest BCUT2D eigenvalue weighted by Crippen LogP contribution is -1.99. The summed E-state index contributed by atoms with van der Waals surface area (Å²) in [6.07, 6.45) is 3.23. The van der Waals surface area contributed by atoms with E-state index in [4.69, 9.17) is 4.42 Å². The molecule has 1 heterocycles. The minimum atomic E-state index is -0.240. The Balaban J connectivity index is 2.02. The fourth-order valence-corrected chi connectivity index (χ4v) is 1.20. The van der Waals surface area contributed by atoms with E-state index >= 15 is 0 Å². The first kappa shape index (κ1) is 8.81. The van der Waals surface area contributed by atoms with Gasteiger partial charge >= 0.3 is 0 Å². The van der Waals surface area contributed by atoms with Crippen LogP contribution in [-0.4, -0.2) is 0 Å². The van der Waals surface area contributed by atoms with Gasteiger partial charge in [0.2, 0.25) is 0 Å². The molecule has 1 N–H and O–H groups in total. The van der Waals surface area contributed by atoms with Crippen LogP contribution in [0.2, 0.25) is 0 Å². The summed E-state index contributed by atoms with van der Waals surface area (Å²) in [4.78, 5) is 0. The number of rotatable bonds is 3. The van der Waals surface area contributed by atoms with Crippen LogP contribution in [0.3, 0.4) is 0 Å². The van der Waals surface area contributed by atoms with E-state index in [-0.39, 0.29) is 5.82 Å². The molecule has 0 aliphatic rings. The molecule has 2 aromatic rings. The lowest BCUT2D eigenvalue weighted by atomic mass is 10.3. The molecule has 1 aromatic carbocycles. The summed E-state index contributed by atoms with van der Waals surface area (Å²) in [7, 11) is 0. The fourth-order valence-electron chi connectivity index (χ4n) is 1.20. The molecule has 0 unspecified atom stereocenters. The number of nitrogens with one attached hydrogen (secondary N) is 1. The smallest absolute Gasteiger partial charge is 0.146 e. The van der Waals surface area contributed by atoms with Crippen LogP contribution in [0.15, 0.2) is 47.3 Å². The van der Waals surface area contributed by atoms with Gasteiger partial charge in [0.05, 0.1) is 18.2 Å². The van der Waals surface area contributed by atoms with Gasteiger partial charge in [-0.25, -0.2) is 4.39 Å². The molecule has 2 rings (SSSR count). The number of furan rings is 1. The quantitative estimate of drug-likeness (QED) is 0.806. The summed E-state index contributed by atoms with van der Waals surface area (Å²) in [5, 5.41) is 2.98. The van der Waals surface area contributed by atoms with Gasteiger partial charge < -0.3 is 9.73 Å². The van der Waals surface area contributed by atoms with Gasteiger partial charge in [-0.05, 0) is 18.2 Å². The van der Waals surface area contributed by atoms with E-state index in [1.807, 2.05) is 6.07 Å². The predicted octanol–water partition coefficient (Wildman–Crippen LogP) is 3.03. The molecular formula is C11H10FNO. The van der Waals surface area contributed by atoms with Gasteiger partial charge in [0.1, 0.15) is 5.82 Å². The van der Waals surface area contributed by atoms with Crippen LogP contribution in [0, 0.1) is 5.82 Å². The van der Waals surface area contributed by atoms with Crippen molar-refractivity contribution in [3.63, 3.8) is 0 Å². The Hall–Kier alpha value is -1.77. The Labute approximate surface area is 81.4 Å². The fraction of sp³-hybridized carbons (Fsp3) is 0.0909. The highest BCUT2D eigenvalue weighted by Gasteiger charge is 1.99. The number of hydrogen-bond donors (Lipinski definition) is 1. The van der Waals surface area contributed by atoms with Gasteiger partial charge in [0, 0.05) is 12.1 Å². The number of benzene rings is 1. The zero-order chi connectivity index (χ0) is 9.80. The molecule has 0 radical (unpaired) electrons. The Kier molecular flexibility index (Phi) is 2.49. The summed E-state index contributed by atoms with van der Waals surface area (Å²) in [6.45, 7) is 0.567. The van der Waals surface area contributed by atoms with Gasteiger partial charge in [-0.2, -0.15) is 0 Å². The SMILES string of the molecule is Fc1ccccc1NCc1ccoc1. The van der Waals surface area contributed by atoms with E-state index in [2.05, 4.69) is 5.32 Å². The van der Waals surface area contributed by atoms with Crippen LogP contribution in [0.4, 0.5) is 10.1 Å². The monoisotopic (exact) mass is 191 g/mol.